The standard InChI is InChI=1S/C14H14BrNO6/c15-9-3-7(1-2-11(9)17)4-10(14(21)22)16-6-8(13(19)20)5-12(16)18/h1-3,8,10,17H,4-6H2,(H,19,20)(H,21,22)/t8?,10-/m0/s1. The summed E-state index contributed by atoms with van der Waals surface area (Å²) in [5.41, 5.74) is 0.614. The zero-order valence-corrected chi connectivity index (χ0v) is 13.0. The number of likely N-dealkylation sites (tertiary alicyclic amines) is 1. The molecule has 0 aromatic heterocycles. The Hall–Kier alpha value is -2.09. The van der Waals surface area contributed by atoms with Gasteiger partial charge in [0.05, 0.1) is 10.4 Å². The molecule has 1 heterocycles. The third kappa shape index (κ3) is 3.38. The van der Waals surface area contributed by atoms with E-state index in [0.717, 1.165) is 4.90 Å². The number of phenolic OH excluding ortho intramolecular Hbond substituents is 1. The van der Waals surface area contributed by atoms with Crippen LogP contribution < -0.4 is 0 Å². The molecule has 0 saturated carbocycles. The molecule has 1 fully saturated rings. The maximum absolute atomic E-state index is 11.9. The van der Waals surface area contributed by atoms with Crippen LogP contribution >= 0.6 is 15.9 Å². The second-order valence-corrected chi connectivity index (χ2v) is 5.98. The normalized spacial score (nSPS) is 19.2. The van der Waals surface area contributed by atoms with Crippen LogP contribution in [0, 0.1) is 5.92 Å². The van der Waals surface area contributed by atoms with E-state index in [0.29, 0.717) is 10.0 Å². The average molecular weight is 372 g/mol. The number of nitrogens with zero attached hydrogens (tertiary/aromatic N) is 1. The molecule has 1 aliphatic heterocycles. The number of phenols is 1. The van der Waals surface area contributed by atoms with Gasteiger partial charge in [0, 0.05) is 19.4 Å². The number of carboxylic acid groups (broad SMARTS) is 2. The molecular weight excluding hydrogens is 358 g/mol. The van der Waals surface area contributed by atoms with E-state index in [9.17, 15) is 24.6 Å². The first-order chi connectivity index (χ1) is 10.3. The number of rotatable bonds is 5. The molecule has 7 nitrogen and oxygen atoms in total. The van der Waals surface area contributed by atoms with Gasteiger partial charge in [-0.15, -0.1) is 0 Å². The van der Waals surface area contributed by atoms with Gasteiger partial charge < -0.3 is 20.2 Å². The molecule has 2 atom stereocenters. The number of carbonyl (C=O) groups excluding carboxylic acids is 1. The molecule has 1 unspecified atom stereocenters. The molecule has 22 heavy (non-hydrogen) atoms. The highest BCUT2D eigenvalue weighted by molar-refractivity contribution is 9.10. The van der Waals surface area contributed by atoms with Crippen LogP contribution in [-0.2, 0) is 20.8 Å². The van der Waals surface area contributed by atoms with E-state index in [2.05, 4.69) is 15.9 Å². The fraction of sp³-hybridized carbons (Fsp3) is 0.357. The number of aromatic hydroxyl groups is 1. The molecule has 2 rings (SSSR count). The number of carboxylic acids is 2. The molecule has 1 amide bonds. The first-order valence-electron chi connectivity index (χ1n) is 6.52. The van der Waals surface area contributed by atoms with Gasteiger partial charge in [-0.05, 0) is 33.6 Å². The van der Waals surface area contributed by atoms with Crippen molar-refractivity contribution >= 4 is 33.8 Å². The minimum atomic E-state index is -1.19. The van der Waals surface area contributed by atoms with Gasteiger partial charge in [0.15, 0.2) is 0 Å². The SMILES string of the molecule is O=C(O)C1CC(=O)N([C@@H](Cc2ccc(O)c(Br)c2)C(=O)O)C1. The van der Waals surface area contributed by atoms with Crippen molar-refractivity contribution < 1.29 is 29.7 Å². The number of halogens is 1. The van der Waals surface area contributed by atoms with Crippen LogP contribution in [0.2, 0.25) is 0 Å². The average Bonchev–Trinajstić information content (AvgIpc) is 2.82. The third-order valence-electron chi connectivity index (χ3n) is 3.61. The van der Waals surface area contributed by atoms with Crippen LogP contribution in [0.4, 0.5) is 0 Å². The molecule has 0 radical (unpaired) electrons. The van der Waals surface area contributed by atoms with E-state index >= 15 is 0 Å². The largest absolute Gasteiger partial charge is 0.507 e. The van der Waals surface area contributed by atoms with Crippen molar-refractivity contribution in [3.05, 3.63) is 28.2 Å². The Kier molecular flexibility index (Phi) is 4.70. The van der Waals surface area contributed by atoms with Gasteiger partial charge in [-0.3, -0.25) is 9.59 Å². The Morgan fingerprint density at radius 1 is 1.36 bits per heavy atom. The summed E-state index contributed by atoms with van der Waals surface area (Å²) >= 11 is 3.14. The van der Waals surface area contributed by atoms with Crippen molar-refractivity contribution in [2.45, 2.75) is 18.9 Å². The third-order valence-corrected chi connectivity index (χ3v) is 4.25. The Bertz CT molecular complexity index is 632. The maximum Gasteiger partial charge on any atom is 0.326 e. The molecule has 3 N–H and O–H groups in total. The van der Waals surface area contributed by atoms with Gasteiger partial charge in [0.1, 0.15) is 11.8 Å². The monoisotopic (exact) mass is 371 g/mol. The van der Waals surface area contributed by atoms with E-state index in [1.165, 1.54) is 6.07 Å². The number of amides is 1. The lowest BCUT2D eigenvalue weighted by Crippen LogP contribution is -2.44. The van der Waals surface area contributed by atoms with Gasteiger partial charge in [-0.1, -0.05) is 6.07 Å². The van der Waals surface area contributed by atoms with Crippen molar-refractivity contribution in [3.63, 3.8) is 0 Å². The minimum absolute atomic E-state index is 0.0267. The lowest BCUT2D eigenvalue weighted by molar-refractivity contribution is -0.148. The topological polar surface area (TPSA) is 115 Å². The highest BCUT2D eigenvalue weighted by atomic mass is 79.9. The summed E-state index contributed by atoms with van der Waals surface area (Å²) in [5.74, 6) is -3.62. The second kappa shape index (κ2) is 6.35. The van der Waals surface area contributed by atoms with Gasteiger partial charge in [-0.2, -0.15) is 0 Å². The molecule has 1 aromatic rings. The molecule has 118 valence electrons. The van der Waals surface area contributed by atoms with Crippen LogP contribution in [0.15, 0.2) is 22.7 Å². The highest BCUT2D eigenvalue weighted by Crippen LogP contribution is 2.27. The smallest absolute Gasteiger partial charge is 0.326 e. The molecule has 1 aliphatic rings. The molecule has 0 spiro atoms. The number of hydrogen-bond acceptors (Lipinski definition) is 4. The molecule has 0 aliphatic carbocycles. The molecular formula is C14H14BrNO6. The van der Waals surface area contributed by atoms with Crippen molar-refractivity contribution in [1.82, 2.24) is 4.90 Å². The van der Waals surface area contributed by atoms with Crippen LogP contribution in [0.25, 0.3) is 0 Å². The summed E-state index contributed by atoms with van der Waals surface area (Å²) in [6.45, 7) is -0.107. The fourth-order valence-electron chi connectivity index (χ4n) is 2.43. The van der Waals surface area contributed by atoms with Gasteiger partial charge in [0.2, 0.25) is 5.91 Å². The van der Waals surface area contributed by atoms with E-state index in [1.807, 2.05) is 0 Å². The summed E-state index contributed by atoms with van der Waals surface area (Å²) in [6, 6.07) is 3.42. The highest BCUT2D eigenvalue weighted by Gasteiger charge is 2.40. The zero-order valence-electron chi connectivity index (χ0n) is 11.4. The second-order valence-electron chi connectivity index (χ2n) is 5.13. The first kappa shape index (κ1) is 16.3. The lowest BCUT2D eigenvalue weighted by atomic mass is 10.0. The predicted octanol–water partition coefficient (Wildman–Crippen LogP) is 1.08. The molecule has 1 saturated heterocycles. The van der Waals surface area contributed by atoms with Crippen LogP contribution in [0.5, 0.6) is 5.75 Å². The number of benzene rings is 1. The Balaban J connectivity index is 2.20. The number of carbonyl (C=O) groups is 3. The van der Waals surface area contributed by atoms with Crippen molar-refractivity contribution in [3.8, 4) is 5.75 Å². The number of aliphatic carboxylic acids is 2. The van der Waals surface area contributed by atoms with Gasteiger partial charge in [0.25, 0.3) is 0 Å². The van der Waals surface area contributed by atoms with Gasteiger partial charge >= 0.3 is 11.9 Å². The molecule has 8 heteroatoms. The zero-order chi connectivity index (χ0) is 16.4. The lowest BCUT2D eigenvalue weighted by Gasteiger charge is -2.24. The summed E-state index contributed by atoms with van der Waals surface area (Å²) in [6.07, 6.45) is -0.148. The van der Waals surface area contributed by atoms with Gasteiger partial charge in [-0.25, -0.2) is 4.79 Å². The summed E-state index contributed by atoms with van der Waals surface area (Å²) in [7, 11) is 0. The van der Waals surface area contributed by atoms with Crippen molar-refractivity contribution in [1.29, 1.82) is 0 Å². The minimum Gasteiger partial charge on any atom is -0.507 e. The quantitative estimate of drug-likeness (QED) is 0.713. The summed E-state index contributed by atoms with van der Waals surface area (Å²) < 4.78 is 0.422. The van der Waals surface area contributed by atoms with E-state index in [1.54, 1.807) is 12.1 Å². The summed E-state index contributed by atoms with van der Waals surface area (Å²) in [4.78, 5) is 35.4. The van der Waals surface area contributed by atoms with Crippen LogP contribution in [0.1, 0.15) is 12.0 Å². The fourth-order valence-corrected chi connectivity index (χ4v) is 2.86. The van der Waals surface area contributed by atoms with Crippen LogP contribution in [0.3, 0.4) is 0 Å². The Morgan fingerprint density at radius 3 is 2.55 bits per heavy atom. The predicted molar refractivity (Wildman–Crippen MR) is 78.4 cm³/mol. The van der Waals surface area contributed by atoms with E-state index in [-0.39, 0.29) is 25.1 Å². The molecule has 0 bridgehead atoms. The molecule has 1 aromatic carbocycles. The first-order valence-corrected chi connectivity index (χ1v) is 7.31. The number of hydrogen-bond donors (Lipinski definition) is 3. The van der Waals surface area contributed by atoms with Crippen molar-refractivity contribution in [2.75, 3.05) is 6.54 Å². The Morgan fingerprint density at radius 2 is 2.05 bits per heavy atom. The van der Waals surface area contributed by atoms with Crippen molar-refractivity contribution in [2.24, 2.45) is 5.92 Å². The van der Waals surface area contributed by atoms with E-state index in [4.69, 9.17) is 5.11 Å². The maximum atomic E-state index is 11.9. The summed E-state index contributed by atoms with van der Waals surface area (Å²) in [5, 5.41) is 27.8. The Labute approximate surface area is 134 Å². The van der Waals surface area contributed by atoms with E-state index < -0.39 is 29.8 Å². The van der Waals surface area contributed by atoms with Crippen LogP contribution in [-0.4, -0.2) is 50.7 Å².